The monoisotopic (exact) mass is 368 g/mol. The highest BCUT2D eigenvalue weighted by Gasteiger charge is 2.36. The van der Waals surface area contributed by atoms with Gasteiger partial charge in [0, 0.05) is 20.1 Å². The number of likely N-dealkylation sites (tertiary alicyclic amines) is 1. The van der Waals surface area contributed by atoms with Gasteiger partial charge in [0.05, 0.1) is 19.3 Å². The van der Waals surface area contributed by atoms with Gasteiger partial charge in [-0.05, 0) is 18.4 Å². The summed E-state index contributed by atoms with van der Waals surface area (Å²) in [6.07, 6.45) is 2.12. The molecule has 0 unspecified atom stereocenters. The van der Waals surface area contributed by atoms with Crippen LogP contribution in [0.3, 0.4) is 0 Å². The van der Waals surface area contributed by atoms with Crippen LogP contribution >= 0.6 is 0 Å². The highest BCUT2D eigenvalue weighted by molar-refractivity contribution is 7.88. The van der Waals surface area contributed by atoms with Gasteiger partial charge < -0.3 is 9.64 Å². The Morgan fingerprint density at radius 2 is 1.76 bits per heavy atom. The van der Waals surface area contributed by atoms with E-state index in [2.05, 4.69) is 0 Å². The Hall–Kier alpha value is -1.93. The molecule has 0 N–H and O–H groups in total. The lowest BCUT2D eigenvalue weighted by molar-refractivity contribution is -0.149. The number of carbonyl (C=O) groups excluding carboxylic acids is 2. The Labute approximate surface area is 148 Å². The zero-order chi connectivity index (χ0) is 18.6. The molecular weight excluding hydrogens is 344 g/mol. The van der Waals surface area contributed by atoms with Gasteiger partial charge in [-0.15, -0.1) is 0 Å². The van der Waals surface area contributed by atoms with Crippen molar-refractivity contribution in [3.63, 3.8) is 0 Å². The summed E-state index contributed by atoms with van der Waals surface area (Å²) in [5.74, 6) is -0.751. The summed E-state index contributed by atoms with van der Waals surface area (Å²) in [5, 5.41) is 0. The van der Waals surface area contributed by atoms with Crippen molar-refractivity contribution in [3.8, 4) is 0 Å². The minimum atomic E-state index is -3.55. The van der Waals surface area contributed by atoms with E-state index >= 15 is 0 Å². The van der Waals surface area contributed by atoms with Gasteiger partial charge >= 0.3 is 5.97 Å². The van der Waals surface area contributed by atoms with Gasteiger partial charge in [0.2, 0.25) is 15.9 Å². The van der Waals surface area contributed by atoms with Crippen molar-refractivity contribution < 1.29 is 22.7 Å². The number of likely N-dealkylation sites (N-methyl/N-ethyl adjacent to an activating group) is 1. The number of esters is 1. The summed E-state index contributed by atoms with van der Waals surface area (Å²) in [5.41, 5.74) is 0.621. The van der Waals surface area contributed by atoms with Gasteiger partial charge in [0.1, 0.15) is 6.04 Å². The number of carbonyl (C=O) groups is 2. The molecule has 7 nitrogen and oxygen atoms in total. The number of ether oxygens (including phenoxy) is 1. The van der Waals surface area contributed by atoms with Crippen LogP contribution in [0.5, 0.6) is 0 Å². The van der Waals surface area contributed by atoms with Crippen molar-refractivity contribution in [2.75, 3.05) is 33.5 Å². The maximum atomic E-state index is 13.0. The van der Waals surface area contributed by atoms with Crippen molar-refractivity contribution in [2.45, 2.75) is 18.9 Å². The number of nitrogens with zero attached hydrogens (tertiary/aromatic N) is 2. The Balaban J connectivity index is 2.21. The number of methoxy groups -OCH3 is 1. The minimum absolute atomic E-state index is 0.211. The number of hydrogen-bond donors (Lipinski definition) is 0. The Kier molecular flexibility index (Phi) is 6.18. The first-order valence-corrected chi connectivity index (χ1v) is 9.95. The molecular formula is C17H24N2O5S. The van der Waals surface area contributed by atoms with E-state index in [4.69, 9.17) is 4.74 Å². The molecule has 25 heavy (non-hydrogen) atoms. The maximum Gasteiger partial charge on any atom is 0.308 e. The molecule has 0 saturated carbocycles. The van der Waals surface area contributed by atoms with E-state index in [1.54, 1.807) is 29.2 Å². The first-order chi connectivity index (χ1) is 11.8. The number of benzene rings is 1. The van der Waals surface area contributed by atoms with Crippen LogP contribution < -0.4 is 0 Å². The fraction of sp³-hybridized carbons (Fsp3) is 0.529. The van der Waals surface area contributed by atoms with E-state index in [9.17, 15) is 18.0 Å². The predicted octanol–water partition coefficient (Wildman–Crippen LogP) is 1.03. The average Bonchev–Trinajstić information content (AvgIpc) is 2.61. The summed E-state index contributed by atoms with van der Waals surface area (Å²) in [7, 11) is -0.788. The molecule has 0 bridgehead atoms. The average molecular weight is 368 g/mol. The van der Waals surface area contributed by atoms with Crippen LogP contribution in [0, 0.1) is 5.92 Å². The summed E-state index contributed by atoms with van der Waals surface area (Å²) in [6.45, 7) is 0.805. The molecule has 2 rings (SSSR count). The van der Waals surface area contributed by atoms with Gasteiger partial charge in [0.15, 0.2) is 0 Å². The van der Waals surface area contributed by atoms with E-state index in [1.165, 1.54) is 14.2 Å². The van der Waals surface area contributed by atoms with Gasteiger partial charge in [-0.1, -0.05) is 30.3 Å². The SMILES string of the molecule is COC(=O)C1CCN(C(=O)[C@@H](c2ccccc2)N(C)S(C)(=O)=O)CC1. The molecule has 0 aliphatic carbocycles. The molecule has 1 aromatic rings. The van der Waals surface area contributed by atoms with Crippen LogP contribution in [0.25, 0.3) is 0 Å². The third kappa shape index (κ3) is 4.58. The van der Waals surface area contributed by atoms with Gasteiger partial charge in [-0.3, -0.25) is 9.59 Å². The zero-order valence-corrected chi connectivity index (χ0v) is 15.5. The molecule has 1 aliphatic rings. The fourth-order valence-corrected chi connectivity index (χ4v) is 3.60. The third-order valence-corrected chi connectivity index (χ3v) is 5.83. The second-order valence-corrected chi connectivity index (χ2v) is 8.26. The van der Waals surface area contributed by atoms with Crippen molar-refractivity contribution in [1.82, 2.24) is 9.21 Å². The van der Waals surface area contributed by atoms with E-state index in [1.807, 2.05) is 6.07 Å². The molecule has 1 heterocycles. The van der Waals surface area contributed by atoms with Crippen molar-refractivity contribution in [2.24, 2.45) is 5.92 Å². The maximum absolute atomic E-state index is 13.0. The number of amides is 1. The topological polar surface area (TPSA) is 84.0 Å². The molecule has 1 amide bonds. The van der Waals surface area contributed by atoms with Crippen molar-refractivity contribution in [3.05, 3.63) is 35.9 Å². The van der Waals surface area contributed by atoms with Gasteiger partial charge in [0.25, 0.3) is 0 Å². The largest absolute Gasteiger partial charge is 0.469 e. The molecule has 1 aliphatic heterocycles. The standard InChI is InChI=1S/C17H24N2O5S/c1-18(25(3,22)23)15(13-7-5-4-6-8-13)16(20)19-11-9-14(10-12-19)17(21)24-2/h4-8,14-15H,9-12H2,1-3H3/t15-/m1/s1. The summed E-state index contributed by atoms with van der Waals surface area (Å²) >= 11 is 0. The smallest absolute Gasteiger partial charge is 0.308 e. The number of piperidine rings is 1. The van der Waals surface area contributed by atoms with Crippen LogP contribution in [0.2, 0.25) is 0 Å². The number of rotatable bonds is 5. The lowest BCUT2D eigenvalue weighted by Crippen LogP contribution is -2.47. The van der Waals surface area contributed by atoms with E-state index in [0.717, 1.165) is 10.6 Å². The third-order valence-electron chi connectivity index (χ3n) is 4.58. The summed E-state index contributed by atoms with van der Waals surface area (Å²) in [4.78, 5) is 26.3. The van der Waals surface area contributed by atoms with E-state index in [0.29, 0.717) is 31.5 Å². The van der Waals surface area contributed by atoms with Crippen LogP contribution in [0.15, 0.2) is 30.3 Å². The first-order valence-electron chi connectivity index (χ1n) is 8.10. The van der Waals surface area contributed by atoms with Crippen molar-refractivity contribution in [1.29, 1.82) is 0 Å². The number of hydrogen-bond acceptors (Lipinski definition) is 5. The van der Waals surface area contributed by atoms with E-state index in [-0.39, 0.29) is 17.8 Å². The second kappa shape index (κ2) is 7.97. The van der Waals surface area contributed by atoms with Gasteiger partial charge in [-0.25, -0.2) is 8.42 Å². The normalized spacial score (nSPS) is 17.4. The quantitative estimate of drug-likeness (QED) is 0.725. The Morgan fingerprint density at radius 3 is 2.24 bits per heavy atom. The highest BCUT2D eigenvalue weighted by Crippen LogP contribution is 2.27. The van der Waals surface area contributed by atoms with Gasteiger partial charge in [-0.2, -0.15) is 4.31 Å². The molecule has 138 valence electrons. The molecule has 8 heteroatoms. The van der Waals surface area contributed by atoms with Crippen LogP contribution in [0.4, 0.5) is 0 Å². The van der Waals surface area contributed by atoms with Crippen LogP contribution in [-0.2, 0) is 24.3 Å². The number of sulfonamides is 1. The molecule has 0 spiro atoms. The Morgan fingerprint density at radius 1 is 1.20 bits per heavy atom. The predicted molar refractivity (Wildman–Crippen MR) is 93.1 cm³/mol. The molecule has 0 aromatic heterocycles. The highest BCUT2D eigenvalue weighted by atomic mass is 32.2. The van der Waals surface area contributed by atoms with Crippen LogP contribution in [-0.4, -0.2) is 63.0 Å². The zero-order valence-electron chi connectivity index (χ0n) is 14.7. The molecule has 1 saturated heterocycles. The van der Waals surface area contributed by atoms with Crippen molar-refractivity contribution >= 4 is 21.9 Å². The lowest BCUT2D eigenvalue weighted by Gasteiger charge is -2.35. The molecule has 1 atom stereocenters. The summed E-state index contributed by atoms with van der Waals surface area (Å²) in [6, 6.07) is 7.93. The minimum Gasteiger partial charge on any atom is -0.469 e. The molecule has 1 aromatic carbocycles. The second-order valence-electron chi connectivity index (χ2n) is 6.22. The van der Waals surface area contributed by atoms with E-state index < -0.39 is 16.1 Å². The lowest BCUT2D eigenvalue weighted by atomic mass is 9.96. The molecule has 1 fully saturated rings. The summed E-state index contributed by atoms with van der Waals surface area (Å²) < 4.78 is 29.9. The first kappa shape index (κ1) is 19.4. The Bertz CT molecular complexity index is 712. The van der Waals surface area contributed by atoms with Crippen LogP contribution in [0.1, 0.15) is 24.4 Å². The fourth-order valence-electron chi connectivity index (χ4n) is 3.01. The molecule has 0 radical (unpaired) electrons.